The molecule has 0 atom stereocenters. The Hall–Kier alpha value is -0.0800. The van der Waals surface area contributed by atoms with Crippen LogP contribution in [0.3, 0.4) is 0 Å². The lowest BCUT2D eigenvalue weighted by atomic mass is 10.2. The highest BCUT2D eigenvalue weighted by Crippen LogP contribution is 2.02. The molecule has 3 heteroatoms. The average Bonchev–Trinajstić information content (AvgIpc) is 1.93. The summed E-state index contributed by atoms with van der Waals surface area (Å²) in [7, 11) is 0. The predicted molar refractivity (Wildman–Crippen MR) is 37.3 cm³/mol. The second-order valence-electron chi connectivity index (χ2n) is 1.76. The Morgan fingerprint density at radius 1 is 1.22 bits per heavy atom. The van der Waals surface area contributed by atoms with Crippen LogP contribution in [0.1, 0.15) is 19.3 Å². The molecule has 0 aromatic heterocycles. The second-order valence-corrected chi connectivity index (χ2v) is 1.94. The van der Waals surface area contributed by atoms with Gasteiger partial charge in [-0.05, 0) is 30.9 Å². The Bertz CT molecular complexity index is 50.6. The van der Waals surface area contributed by atoms with Crippen molar-refractivity contribution in [1.29, 1.82) is 0 Å². The summed E-state index contributed by atoms with van der Waals surface area (Å²) in [5.41, 5.74) is 0. The van der Waals surface area contributed by atoms with E-state index in [9.17, 15) is 0 Å². The van der Waals surface area contributed by atoms with Crippen LogP contribution in [0.15, 0.2) is 0 Å². The first kappa shape index (κ1) is 8.92. The lowest BCUT2D eigenvalue weighted by Crippen LogP contribution is -2.03. The molecule has 0 aromatic rings. The molecule has 0 aliphatic carbocycles. The van der Waals surface area contributed by atoms with Gasteiger partial charge < -0.3 is 4.74 Å². The zero-order chi connectivity index (χ0) is 6.95. The van der Waals surface area contributed by atoms with Gasteiger partial charge in [0.2, 0.25) is 5.75 Å². The third-order valence-electron chi connectivity index (χ3n) is 1.08. The fraction of sp³-hybridized carbons (Fsp3) is 0.833. The molecule has 1 heterocycles. The van der Waals surface area contributed by atoms with Gasteiger partial charge in [-0.1, -0.05) is 0 Å². The van der Waals surface area contributed by atoms with Gasteiger partial charge in [0, 0.05) is 13.2 Å². The normalized spacial score (nSPS) is 17.4. The molecule has 0 spiro atoms. The summed E-state index contributed by atoms with van der Waals surface area (Å²) < 4.78 is 5.07. The molecule has 1 rings (SSSR count). The standard InChI is InChI=1S/C5H10O.CHClO/c1-2-4-6-5-3-1;2-1-3/h1-5H2;1H. The largest absolute Gasteiger partial charge is 0.381 e. The predicted octanol–water partition coefficient (Wildman–Crippen LogP) is 1.60. The van der Waals surface area contributed by atoms with Crippen LogP contribution in [-0.4, -0.2) is 19.0 Å². The molecule has 1 aliphatic rings. The van der Waals surface area contributed by atoms with Crippen LogP contribution in [0.4, 0.5) is 0 Å². The zero-order valence-electron chi connectivity index (χ0n) is 5.31. The van der Waals surface area contributed by atoms with Crippen molar-refractivity contribution in [3.05, 3.63) is 0 Å². The molecule has 9 heavy (non-hydrogen) atoms. The third kappa shape index (κ3) is 7.92. The first-order valence-electron chi connectivity index (χ1n) is 3.03. The highest BCUT2D eigenvalue weighted by Gasteiger charge is 1.94. The fourth-order valence-corrected chi connectivity index (χ4v) is 0.687. The van der Waals surface area contributed by atoms with E-state index in [1.54, 1.807) is 0 Å². The van der Waals surface area contributed by atoms with E-state index >= 15 is 0 Å². The maximum absolute atomic E-state index is 8.57. The summed E-state index contributed by atoms with van der Waals surface area (Å²) in [6.07, 6.45) is 3.93. The minimum absolute atomic E-state index is 0.222. The van der Waals surface area contributed by atoms with Crippen molar-refractivity contribution >= 4 is 17.3 Å². The number of carbonyl (C=O) groups is 1. The first-order chi connectivity index (χ1) is 4.41. The molecule has 0 aromatic carbocycles. The molecule has 1 aliphatic heterocycles. The van der Waals surface area contributed by atoms with Crippen LogP contribution in [0, 0.1) is 0 Å². The summed E-state index contributed by atoms with van der Waals surface area (Å²) in [6.45, 7) is 2.00. The lowest BCUT2D eigenvalue weighted by molar-refractivity contribution is 0.0968. The molecule has 1 fully saturated rings. The molecule has 54 valence electrons. The van der Waals surface area contributed by atoms with Gasteiger partial charge in [0.05, 0.1) is 0 Å². The van der Waals surface area contributed by atoms with Crippen molar-refractivity contribution in [3.63, 3.8) is 0 Å². The molecule has 0 radical (unpaired) electrons. The smallest absolute Gasteiger partial charge is 0.208 e. The van der Waals surface area contributed by atoms with Gasteiger partial charge in [-0.3, -0.25) is 4.79 Å². The quantitative estimate of drug-likeness (QED) is 0.387. The number of rotatable bonds is 0. The van der Waals surface area contributed by atoms with Gasteiger partial charge in [0.15, 0.2) is 0 Å². The third-order valence-corrected chi connectivity index (χ3v) is 1.08. The highest BCUT2D eigenvalue weighted by molar-refractivity contribution is 6.54. The van der Waals surface area contributed by atoms with Gasteiger partial charge in [-0.15, -0.1) is 0 Å². The van der Waals surface area contributed by atoms with Gasteiger partial charge >= 0.3 is 0 Å². The minimum atomic E-state index is 0.222. The van der Waals surface area contributed by atoms with Crippen LogP contribution < -0.4 is 0 Å². The average molecular weight is 151 g/mol. The van der Waals surface area contributed by atoms with Crippen molar-refractivity contribution in [2.24, 2.45) is 0 Å². The fourth-order valence-electron chi connectivity index (χ4n) is 0.687. The summed E-state index contributed by atoms with van der Waals surface area (Å²) in [5.74, 6) is 0.222. The highest BCUT2D eigenvalue weighted by atomic mass is 35.5. The summed E-state index contributed by atoms with van der Waals surface area (Å²) in [4.78, 5) is 8.57. The number of hydrogen-bond donors (Lipinski definition) is 0. The van der Waals surface area contributed by atoms with E-state index in [-0.39, 0.29) is 5.75 Å². The van der Waals surface area contributed by atoms with Gasteiger partial charge in [-0.2, -0.15) is 0 Å². The van der Waals surface area contributed by atoms with E-state index in [1.165, 1.54) is 19.3 Å². The molecule has 2 nitrogen and oxygen atoms in total. The molecule has 0 N–H and O–H groups in total. The van der Waals surface area contributed by atoms with E-state index in [0.29, 0.717) is 0 Å². The maximum Gasteiger partial charge on any atom is 0.208 e. The SMILES string of the molecule is C1CCOCC1.O=CCl. The molecule has 0 bridgehead atoms. The van der Waals surface area contributed by atoms with E-state index in [0.717, 1.165) is 13.2 Å². The van der Waals surface area contributed by atoms with E-state index in [2.05, 4.69) is 11.6 Å². The number of hydrogen-bond acceptors (Lipinski definition) is 2. The Kier molecular flexibility index (Phi) is 7.85. The Morgan fingerprint density at radius 2 is 1.67 bits per heavy atom. The monoisotopic (exact) mass is 150 g/mol. The Balaban J connectivity index is 0.000000187. The van der Waals surface area contributed by atoms with E-state index in [4.69, 9.17) is 9.53 Å². The van der Waals surface area contributed by atoms with E-state index in [1.807, 2.05) is 0 Å². The topological polar surface area (TPSA) is 26.3 Å². The van der Waals surface area contributed by atoms with Crippen LogP contribution in [0.25, 0.3) is 0 Å². The Morgan fingerprint density at radius 3 is 1.78 bits per heavy atom. The zero-order valence-corrected chi connectivity index (χ0v) is 6.06. The summed E-state index contributed by atoms with van der Waals surface area (Å²) >= 11 is 4.32. The number of carbonyl (C=O) groups excluding carboxylic acids is 1. The number of ether oxygens (including phenoxy) is 1. The molecule has 0 saturated carbocycles. The molecule has 1 saturated heterocycles. The second kappa shape index (κ2) is 7.92. The van der Waals surface area contributed by atoms with Crippen LogP contribution in [0.5, 0.6) is 0 Å². The van der Waals surface area contributed by atoms with E-state index < -0.39 is 0 Å². The van der Waals surface area contributed by atoms with Crippen molar-refractivity contribution in [2.45, 2.75) is 19.3 Å². The van der Waals surface area contributed by atoms with Crippen LogP contribution in [-0.2, 0) is 9.53 Å². The van der Waals surface area contributed by atoms with Gasteiger partial charge in [0.25, 0.3) is 0 Å². The molecular weight excluding hydrogens is 140 g/mol. The molecule has 0 amide bonds. The van der Waals surface area contributed by atoms with Crippen molar-refractivity contribution in [3.8, 4) is 0 Å². The molecular formula is C6H11ClO2. The van der Waals surface area contributed by atoms with Gasteiger partial charge in [-0.25, -0.2) is 0 Å². The lowest BCUT2D eigenvalue weighted by Gasteiger charge is -2.08. The van der Waals surface area contributed by atoms with Gasteiger partial charge in [0.1, 0.15) is 0 Å². The van der Waals surface area contributed by atoms with Crippen LogP contribution >= 0.6 is 11.6 Å². The van der Waals surface area contributed by atoms with Crippen LogP contribution in [0.2, 0.25) is 0 Å². The maximum atomic E-state index is 8.57. The summed E-state index contributed by atoms with van der Waals surface area (Å²) in [5, 5.41) is 0. The number of halogens is 1. The van der Waals surface area contributed by atoms with Crippen molar-refractivity contribution in [1.82, 2.24) is 0 Å². The first-order valence-corrected chi connectivity index (χ1v) is 3.47. The van der Waals surface area contributed by atoms with Crippen molar-refractivity contribution in [2.75, 3.05) is 13.2 Å². The molecule has 0 unspecified atom stereocenters. The minimum Gasteiger partial charge on any atom is -0.381 e. The van der Waals surface area contributed by atoms with Crippen molar-refractivity contribution < 1.29 is 9.53 Å². The summed E-state index contributed by atoms with van der Waals surface area (Å²) in [6, 6.07) is 0. The Labute approximate surface area is 60.1 Å².